The van der Waals surface area contributed by atoms with Crippen molar-refractivity contribution >= 4 is 11.6 Å². The van der Waals surface area contributed by atoms with Crippen LogP contribution in [0.2, 0.25) is 0 Å². The molecule has 0 aliphatic rings. The van der Waals surface area contributed by atoms with Gasteiger partial charge in [0.25, 0.3) is 5.78 Å². The first-order chi connectivity index (χ1) is 8.03. The summed E-state index contributed by atoms with van der Waals surface area (Å²) in [5.74, 6) is -2.09. The van der Waals surface area contributed by atoms with Crippen molar-refractivity contribution in [3.63, 3.8) is 0 Å². The molecule has 0 bridgehead atoms. The molecule has 1 aromatic carbocycles. The third kappa shape index (κ3) is 3.18. The van der Waals surface area contributed by atoms with Crippen LogP contribution < -0.4 is 0 Å². The minimum atomic E-state index is -4.89. The zero-order valence-corrected chi connectivity index (χ0v) is 10.3. The lowest BCUT2D eigenvalue weighted by Gasteiger charge is -2.16. The van der Waals surface area contributed by atoms with Gasteiger partial charge in [-0.3, -0.25) is 9.59 Å². The summed E-state index contributed by atoms with van der Waals surface area (Å²) < 4.78 is 36.5. The predicted molar refractivity (Wildman–Crippen MR) is 60.6 cm³/mol. The zero-order chi connectivity index (χ0) is 14.1. The highest BCUT2D eigenvalue weighted by molar-refractivity contribution is 6.03. The van der Waals surface area contributed by atoms with Crippen molar-refractivity contribution in [3.8, 4) is 0 Å². The molecule has 98 valence electrons. The number of Topliss-reactive ketones (excluding diaryl/α,β-unsaturated/α-hetero) is 2. The van der Waals surface area contributed by atoms with Gasteiger partial charge in [-0.2, -0.15) is 13.2 Å². The van der Waals surface area contributed by atoms with Crippen molar-refractivity contribution in [1.29, 1.82) is 0 Å². The topological polar surface area (TPSA) is 34.1 Å². The third-order valence-corrected chi connectivity index (χ3v) is 2.35. The van der Waals surface area contributed by atoms with Gasteiger partial charge in [-0.05, 0) is 0 Å². The summed E-state index contributed by atoms with van der Waals surface area (Å²) >= 11 is 0. The van der Waals surface area contributed by atoms with E-state index in [1.165, 1.54) is 12.1 Å². The maximum Gasteiger partial charge on any atom is 0.454 e. The van der Waals surface area contributed by atoms with Crippen LogP contribution in [0, 0.1) is 5.41 Å². The molecule has 1 aromatic rings. The van der Waals surface area contributed by atoms with E-state index in [-0.39, 0.29) is 5.78 Å². The van der Waals surface area contributed by atoms with E-state index in [4.69, 9.17) is 0 Å². The highest BCUT2D eigenvalue weighted by Gasteiger charge is 2.39. The molecule has 0 saturated heterocycles. The van der Waals surface area contributed by atoms with Crippen LogP contribution in [-0.4, -0.2) is 17.7 Å². The molecule has 2 nitrogen and oxygen atoms in total. The Hall–Kier alpha value is -1.65. The molecule has 1 rings (SSSR count). The lowest BCUT2D eigenvalue weighted by Crippen LogP contribution is -2.23. The summed E-state index contributed by atoms with van der Waals surface area (Å²) in [6.45, 7) is 5.14. The quantitative estimate of drug-likeness (QED) is 0.758. The number of alkyl halides is 3. The Labute approximate surface area is 103 Å². The highest BCUT2D eigenvalue weighted by Crippen LogP contribution is 2.24. The lowest BCUT2D eigenvalue weighted by atomic mass is 9.86. The smallest absolute Gasteiger partial charge is 0.294 e. The minimum Gasteiger partial charge on any atom is -0.294 e. The fraction of sp³-hybridized carbons (Fsp3) is 0.385. The number of hydrogen-bond acceptors (Lipinski definition) is 2. The molecule has 0 aliphatic carbocycles. The van der Waals surface area contributed by atoms with Gasteiger partial charge in [0.05, 0.1) is 0 Å². The molecule has 0 unspecified atom stereocenters. The van der Waals surface area contributed by atoms with Crippen LogP contribution in [0.15, 0.2) is 24.3 Å². The van der Waals surface area contributed by atoms with Gasteiger partial charge in [0.1, 0.15) is 0 Å². The van der Waals surface area contributed by atoms with Crippen molar-refractivity contribution in [2.24, 2.45) is 5.41 Å². The predicted octanol–water partition coefficient (Wildman–Crippen LogP) is 3.66. The SMILES string of the molecule is CC(C)(C)C(=O)c1ccc(C(=O)C(F)(F)F)cc1. The van der Waals surface area contributed by atoms with Gasteiger partial charge >= 0.3 is 6.18 Å². The van der Waals surface area contributed by atoms with Crippen molar-refractivity contribution in [1.82, 2.24) is 0 Å². The summed E-state index contributed by atoms with van der Waals surface area (Å²) in [5.41, 5.74) is -0.788. The van der Waals surface area contributed by atoms with Gasteiger partial charge in [-0.15, -0.1) is 0 Å². The Morgan fingerprint density at radius 2 is 1.17 bits per heavy atom. The van der Waals surface area contributed by atoms with Gasteiger partial charge in [0, 0.05) is 16.5 Å². The first kappa shape index (κ1) is 14.4. The van der Waals surface area contributed by atoms with Crippen molar-refractivity contribution in [2.45, 2.75) is 26.9 Å². The molecule has 0 N–H and O–H groups in total. The molecule has 18 heavy (non-hydrogen) atoms. The Morgan fingerprint density at radius 1 is 0.833 bits per heavy atom. The first-order valence-corrected chi connectivity index (χ1v) is 5.30. The van der Waals surface area contributed by atoms with Crippen LogP contribution in [0.5, 0.6) is 0 Å². The van der Waals surface area contributed by atoms with Gasteiger partial charge in [0.15, 0.2) is 5.78 Å². The molecular formula is C13H13F3O2. The maximum atomic E-state index is 12.2. The van der Waals surface area contributed by atoms with Crippen LogP contribution >= 0.6 is 0 Å². The molecule has 0 aliphatic heterocycles. The second kappa shape index (κ2) is 4.55. The minimum absolute atomic E-state index is 0.187. The fourth-order valence-corrected chi connectivity index (χ4v) is 1.37. The number of hydrogen-bond donors (Lipinski definition) is 0. The van der Waals surface area contributed by atoms with Crippen molar-refractivity contribution < 1.29 is 22.8 Å². The lowest BCUT2D eigenvalue weighted by molar-refractivity contribution is -0.0885. The molecule has 0 heterocycles. The Morgan fingerprint density at radius 3 is 1.44 bits per heavy atom. The summed E-state index contributed by atoms with van der Waals surface area (Å²) in [7, 11) is 0. The van der Waals surface area contributed by atoms with Gasteiger partial charge in [0.2, 0.25) is 0 Å². The van der Waals surface area contributed by atoms with Crippen LogP contribution in [0.25, 0.3) is 0 Å². The van der Waals surface area contributed by atoms with E-state index in [2.05, 4.69) is 0 Å². The van der Waals surface area contributed by atoms with E-state index in [0.717, 1.165) is 12.1 Å². The van der Waals surface area contributed by atoms with Crippen LogP contribution in [-0.2, 0) is 0 Å². The van der Waals surface area contributed by atoms with Crippen molar-refractivity contribution in [3.05, 3.63) is 35.4 Å². The molecule has 0 fully saturated rings. The zero-order valence-electron chi connectivity index (χ0n) is 10.3. The van der Waals surface area contributed by atoms with E-state index in [9.17, 15) is 22.8 Å². The molecule has 0 aromatic heterocycles. The molecule has 5 heteroatoms. The molecule has 0 saturated carbocycles. The molecule has 0 amide bonds. The molecule has 0 spiro atoms. The number of carbonyl (C=O) groups excluding carboxylic acids is 2. The van der Waals surface area contributed by atoms with Gasteiger partial charge in [-0.1, -0.05) is 45.0 Å². The number of benzene rings is 1. The molecule has 0 atom stereocenters. The Balaban J connectivity index is 3.01. The normalized spacial score (nSPS) is 12.3. The monoisotopic (exact) mass is 258 g/mol. The Bertz CT molecular complexity index is 419. The number of carbonyl (C=O) groups is 2. The van der Waals surface area contributed by atoms with E-state index in [1.54, 1.807) is 20.8 Å². The van der Waals surface area contributed by atoms with Crippen LogP contribution in [0.1, 0.15) is 41.5 Å². The Kier molecular flexibility index (Phi) is 3.64. The summed E-state index contributed by atoms with van der Waals surface area (Å²) in [6, 6.07) is 4.53. The van der Waals surface area contributed by atoms with E-state index in [0.29, 0.717) is 5.56 Å². The summed E-state index contributed by atoms with van der Waals surface area (Å²) in [5, 5.41) is 0. The maximum absolute atomic E-state index is 12.2. The highest BCUT2D eigenvalue weighted by atomic mass is 19.4. The average Bonchev–Trinajstić information content (AvgIpc) is 2.25. The van der Waals surface area contributed by atoms with Gasteiger partial charge < -0.3 is 0 Å². The largest absolute Gasteiger partial charge is 0.454 e. The third-order valence-electron chi connectivity index (χ3n) is 2.35. The summed E-state index contributed by atoms with van der Waals surface area (Å²) in [4.78, 5) is 22.8. The van der Waals surface area contributed by atoms with Crippen molar-refractivity contribution in [2.75, 3.05) is 0 Å². The average molecular weight is 258 g/mol. The summed E-state index contributed by atoms with van der Waals surface area (Å²) in [6.07, 6.45) is -4.89. The van der Waals surface area contributed by atoms with Crippen LogP contribution in [0.4, 0.5) is 13.2 Å². The second-order valence-electron chi connectivity index (χ2n) is 4.98. The first-order valence-electron chi connectivity index (χ1n) is 5.30. The molecule has 0 radical (unpaired) electrons. The van der Waals surface area contributed by atoms with Gasteiger partial charge in [-0.25, -0.2) is 0 Å². The van der Waals surface area contributed by atoms with E-state index >= 15 is 0 Å². The van der Waals surface area contributed by atoms with E-state index < -0.39 is 22.9 Å². The standard InChI is InChI=1S/C13H13F3O2/c1-12(2,3)10(17)8-4-6-9(7-5-8)11(18)13(14,15)16/h4-7H,1-3H3. The number of ketones is 2. The second-order valence-corrected chi connectivity index (χ2v) is 4.98. The van der Waals surface area contributed by atoms with Crippen LogP contribution in [0.3, 0.4) is 0 Å². The number of rotatable bonds is 2. The molecular weight excluding hydrogens is 245 g/mol. The number of halogens is 3. The van der Waals surface area contributed by atoms with E-state index in [1.807, 2.05) is 0 Å². The fourth-order valence-electron chi connectivity index (χ4n) is 1.37.